The Morgan fingerprint density at radius 1 is 0.765 bits per heavy atom. The molecule has 1 atom stereocenters. The molecular formula is C39H29N5O5S2. The molecule has 10 nitrogen and oxygen atoms in total. The molecule has 3 amide bonds. The number of nitrogens with zero attached hydrogens (tertiary/aromatic N) is 2. The lowest BCUT2D eigenvalue weighted by molar-refractivity contribution is -0.384. The first-order valence-electron chi connectivity index (χ1n) is 15.6. The second kappa shape index (κ2) is 16.4. The fraction of sp³-hybridized carbons (Fsp3) is 0.0256. The summed E-state index contributed by atoms with van der Waals surface area (Å²) in [6.07, 6.45) is 1.44. The third-order valence-corrected chi connectivity index (χ3v) is 9.48. The topological polar surface area (TPSA) is 143 Å². The van der Waals surface area contributed by atoms with Crippen LogP contribution in [-0.2, 0) is 9.59 Å². The number of amides is 3. The molecule has 1 heterocycles. The van der Waals surface area contributed by atoms with Gasteiger partial charge in [-0.25, -0.2) is 4.98 Å². The van der Waals surface area contributed by atoms with Gasteiger partial charge in [0.25, 0.3) is 17.5 Å². The van der Waals surface area contributed by atoms with Crippen molar-refractivity contribution in [2.24, 2.45) is 0 Å². The second-order valence-corrected chi connectivity index (χ2v) is 13.0. The number of hydrogen-bond donors (Lipinski definition) is 3. The molecule has 51 heavy (non-hydrogen) atoms. The van der Waals surface area contributed by atoms with Crippen LogP contribution >= 0.6 is 23.1 Å². The van der Waals surface area contributed by atoms with Crippen LogP contribution in [-0.4, -0.2) is 27.6 Å². The highest BCUT2D eigenvalue weighted by Crippen LogP contribution is 2.37. The van der Waals surface area contributed by atoms with Crippen LogP contribution in [0.3, 0.4) is 0 Å². The van der Waals surface area contributed by atoms with E-state index in [-0.39, 0.29) is 17.3 Å². The minimum absolute atomic E-state index is 0.0606. The first kappa shape index (κ1) is 34.5. The number of non-ortho nitro benzene ring substituents is 1. The van der Waals surface area contributed by atoms with Crippen molar-refractivity contribution in [2.75, 3.05) is 10.6 Å². The lowest BCUT2D eigenvalue weighted by Crippen LogP contribution is -2.30. The molecule has 0 spiro atoms. The zero-order valence-electron chi connectivity index (χ0n) is 26.8. The molecule has 0 bridgehead atoms. The average Bonchev–Trinajstić information content (AvgIpc) is 3.63. The molecule has 0 aliphatic rings. The van der Waals surface area contributed by atoms with Crippen LogP contribution < -0.4 is 16.0 Å². The van der Waals surface area contributed by atoms with Gasteiger partial charge in [0.2, 0.25) is 5.91 Å². The van der Waals surface area contributed by atoms with Crippen LogP contribution in [0.15, 0.2) is 155 Å². The maximum Gasteiger partial charge on any atom is 0.272 e. The monoisotopic (exact) mass is 711 g/mol. The van der Waals surface area contributed by atoms with Crippen molar-refractivity contribution in [3.05, 3.63) is 177 Å². The van der Waals surface area contributed by atoms with E-state index in [2.05, 4.69) is 20.9 Å². The number of hydrogen-bond acceptors (Lipinski definition) is 8. The maximum absolute atomic E-state index is 13.6. The number of nitro groups is 1. The summed E-state index contributed by atoms with van der Waals surface area (Å²) in [7, 11) is 0. The summed E-state index contributed by atoms with van der Waals surface area (Å²) >= 11 is 2.71. The third-order valence-electron chi connectivity index (χ3n) is 7.45. The number of thioether (sulfide) groups is 1. The second-order valence-electron chi connectivity index (χ2n) is 11.0. The highest BCUT2D eigenvalue weighted by atomic mass is 32.2. The van der Waals surface area contributed by atoms with Gasteiger partial charge in [-0.1, -0.05) is 78.9 Å². The summed E-state index contributed by atoms with van der Waals surface area (Å²) in [5, 5.41) is 21.3. The molecule has 5 aromatic carbocycles. The summed E-state index contributed by atoms with van der Waals surface area (Å²) < 4.78 is 0. The molecule has 1 unspecified atom stereocenters. The molecule has 12 heteroatoms. The normalized spacial score (nSPS) is 11.6. The zero-order chi connectivity index (χ0) is 35.6. The van der Waals surface area contributed by atoms with Crippen LogP contribution in [0.5, 0.6) is 0 Å². The van der Waals surface area contributed by atoms with Gasteiger partial charge < -0.3 is 16.0 Å². The highest BCUT2D eigenvalue weighted by molar-refractivity contribution is 8.00. The molecule has 3 N–H and O–H groups in total. The van der Waals surface area contributed by atoms with E-state index in [0.717, 1.165) is 21.7 Å². The number of anilines is 2. The van der Waals surface area contributed by atoms with Crippen LogP contribution in [0, 0.1) is 10.1 Å². The van der Waals surface area contributed by atoms with Gasteiger partial charge in [0, 0.05) is 39.2 Å². The number of carbonyl (C=O) groups excluding carboxylic acids is 3. The Morgan fingerprint density at radius 2 is 1.39 bits per heavy atom. The van der Waals surface area contributed by atoms with Gasteiger partial charge in [0.1, 0.15) is 10.9 Å². The van der Waals surface area contributed by atoms with E-state index in [9.17, 15) is 24.5 Å². The molecule has 0 saturated carbocycles. The standard InChI is InChI=1S/C39H29N5O5S2/c45-36(29-14-8-3-9-15-29)41-33(24-26-16-20-31(21-17-26)44(48)49)37(46)40-30-18-22-32(23-19-30)51-35(28-12-6-2-7-13-28)38(47)43-39-42-34(25-50-39)27-10-4-1-5-11-27/h1-25,35H,(H,40,46)(H,41,45)(H,42,43,47)/b33-24-. The van der Waals surface area contributed by atoms with Crippen LogP contribution in [0.25, 0.3) is 17.3 Å². The van der Waals surface area contributed by atoms with E-state index in [0.29, 0.717) is 21.9 Å². The minimum Gasteiger partial charge on any atom is -0.321 e. The van der Waals surface area contributed by atoms with Crippen molar-refractivity contribution < 1.29 is 19.3 Å². The van der Waals surface area contributed by atoms with Crippen molar-refractivity contribution in [1.29, 1.82) is 0 Å². The Balaban J connectivity index is 1.17. The van der Waals surface area contributed by atoms with Gasteiger partial charge in [-0.05, 0) is 65.7 Å². The maximum atomic E-state index is 13.6. The number of nitro benzene ring substituents is 1. The fourth-order valence-corrected chi connectivity index (χ4v) is 6.64. The fourth-order valence-electron chi connectivity index (χ4n) is 4.90. The Morgan fingerprint density at radius 3 is 2.04 bits per heavy atom. The predicted molar refractivity (Wildman–Crippen MR) is 201 cm³/mol. The number of benzene rings is 5. The third kappa shape index (κ3) is 9.21. The van der Waals surface area contributed by atoms with Crippen LogP contribution in [0.2, 0.25) is 0 Å². The highest BCUT2D eigenvalue weighted by Gasteiger charge is 2.24. The Hall–Kier alpha value is -6.37. The van der Waals surface area contributed by atoms with Gasteiger partial charge in [0.05, 0.1) is 10.6 Å². The summed E-state index contributed by atoms with van der Waals surface area (Å²) in [5.74, 6) is -1.32. The summed E-state index contributed by atoms with van der Waals surface area (Å²) in [4.78, 5) is 56.1. The number of nitrogens with one attached hydrogen (secondary N) is 3. The first-order valence-corrected chi connectivity index (χ1v) is 17.4. The van der Waals surface area contributed by atoms with Crippen LogP contribution in [0.1, 0.15) is 26.7 Å². The van der Waals surface area contributed by atoms with E-state index >= 15 is 0 Å². The van der Waals surface area contributed by atoms with Gasteiger partial charge in [-0.2, -0.15) is 0 Å². The number of rotatable bonds is 12. The minimum atomic E-state index is -0.599. The summed E-state index contributed by atoms with van der Waals surface area (Å²) in [5.41, 5.74) is 3.67. The van der Waals surface area contributed by atoms with E-state index < -0.39 is 22.0 Å². The molecule has 0 aliphatic heterocycles. The molecule has 0 radical (unpaired) electrons. The van der Waals surface area contributed by atoms with Crippen molar-refractivity contribution >= 4 is 63.4 Å². The average molecular weight is 712 g/mol. The molecule has 6 aromatic rings. The number of carbonyl (C=O) groups is 3. The SMILES string of the molecule is O=C(Nc1ccc(SC(C(=O)Nc2nc(-c3ccccc3)cs2)c2ccccc2)cc1)/C(=C/c1ccc([N+](=O)[O-])cc1)NC(=O)c1ccccc1. The molecule has 252 valence electrons. The molecule has 0 fully saturated rings. The van der Waals surface area contributed by atoms with Gasteiger partial charge >= 0.3 is 0 Å². The number of thiazole rings is 1. The Labute approximate surface area is 301 Å². The van der Waals surface area contributed by atoms with E-state index in [1.165, 1.54) is 53.4 Å². The first-order chi connectivity index (χ1) is 24.8. The van der Waals surface area contributed by atoms with Crippen molar-refractivity contribution in [3.8, 4) is 11.3 Å². The molecular weight excluding hydrogens is 683 g/mol. The van der Waals surface area contributed by atoms with Crippen molar-refractivity contribution in [3.63, 3.8) is 0 Å². The molecule has 1 aromatic heterocycles. The lowest BCUT2D eigenvalue weighted by atomic mass is 10.1. The Kier molecular flexibility index (Phi) is 11.1. The van der Waals surface area contributed by atoms with Gasteiger partial charge in [-0.15, -0.1) is 23.1 Å². The zero-order valence-corrected chi connectivity index (χ0v) is 28.4. The molecule has 6 rings (SSSR count). The van der Waals surface area contributed by atoms with Crippen LogP contribution in [0.4, 0.5) is 16.5 Å². The van der Waals surface area contributed by atoms with E-state index in [4.69, 9.17) is 0 Å². The van der Waals surface area contributed by atoms with Gasteiger partial charge in [-0.3, -0.25) is 24.5 Å². The molecule has 0 saturated heterocycles. The van der Waals surface area contributed by atoms with Gasteiger partial charge in [0.15, 0.2) is 5.13 Å². The summed E-state index contributed by atoms with van der Waals surface area (Å²) in [6, 6.07) is 40.2. The Bertz CT molecular complexity index is 2180. The van der Waals surface area contributed by atoms with Crippen molar-refractivity contribution in [2.45, 2.75) is 10.1 Å². The van der Waals surface area contributed by atoms with Crippen molar-refractivity contribution in [1.82, 2.24) is 10.3 Å². The van der Waals surface area contributed by atoms with E-state index in [1.54, 1.807) is 54.6 Å². The lowest BCUT2D eigenvalue weighted by Gasteiger charge is -2.17. The summed E-state index contributed by atoms with van der Waals surface area (Å²) in [6.45, 7) is 0. The number of aromatic nitrogens is 1. The van der Waals surface area contributed by atoms with E-state index in [1.807, 2.05) is 66.0 Å². The molecule has 0 aliphatic carbocycles. The smallest absolute Gasteiger partial charge is 0.272 e. The largest absolute Gasteiger partial charge is 0.321 e. The predicted octanol–water partition coefficient (Wildman–Crippen LogP) is 8.60. The quantitative estimate of drug-likeness (QED) is 0.0499.